The first kappa shape index (κ1) is 20.2. The molecule has 2 atom stereocenters. The number of nitriles is 1. The maximum absolute atomic E-state index is 14.4. The lowest BCUT2D eigenvalue weighted by Gasteiger charge is -2.42. The Balaban J connectivity index is 1.59. The number of carbonyl (C=O) groups excluding carboxylic acids is 1. The average Bonchev–Trinajstić information content (AvgIpc) is 3.01. The second kappa shape index (κ2) is 7.96. The van der Waals surface area contributed by atoms with E-state index in [1.807, 2.05) is 13.8 Å². The topological polar surface area (TPSA) is 77.4 Å². The van der Waals surface area contributed by atoms with Gasteiger partial charge >= 0.3 is 0 Å². The molecule has 4 rings (SSSR count). The Labute approximate surface area is 175 Å². The second-order valence-corrected chi connectivity index (χ2v) is 7.90. The minimum Gasteiger partial charge on any atom is -0.489 e. The number of likely N-dealkylation sites (tertiary alicyclic amines) is 1. The number of nitrogens with zero attached hydrogens (tertiary/aromatic N) is 2. The highest BCUT2D eigenvalue weighted by atomic mass is 19.1. The van der Waals surface area contributed by atoms with Crippen LogP contribution in [0.5, 0.6) is 5.75 Å². The maximum atomic E-state index is 14.4. The quantitative estimate of drug-likeness (QED) is 0.786. The molecule has 1 unspecified atom stereocenters. The number of rotatable bonds is 5. The molecule has 0 bridgehead atoms. The lowest BCUT2D eigenvalue weighted by molar-refractivity contribution is -0.128. The third kappa shape index (κ3) is 3.48. The predicted octanol–water partition coefficient (Wildman–Crippen LogP) is 3.84. The fourth-order valence-corrected chi connectivity index (χ4v) is 4.37. The van der Waals surface area contributed by atoms with Gasteiger partial charge in [-0.05, 0) is 69.6 Å². The summed E-state index contributed by atoms with van der Waals surface area (Å²) in [6, 6.07) is 12.0. The number of anilines is 2. The minimum atomic E-state index is -0.964. The van der Waals surface area contributed by atoms with Crippen molar-refractivity contribution in [2.75, 3.05) is 30.3 Å². The highest BCUT2D eigenvalue weighted by Gasteiger charge is 2.49. The average molecular weight is 408 g/mol. The first-order valence-corrected chi connectivity index (χ1v) is 10.3. The molecule has 0 aromatic heterocycles. The van der Waals surface area contributed by atoms with Crippen LogP contribution in [0.15, 0.2) is 36.4 Å². The number of halogens is 1. The maximum Gasteiger partial charge on any atom is 0.249 e. The summed E-state index contributed by atoms with van der Waals surface area (Å²) < 4.78 is 20.5. The molecule has 2 heterocycles. The van der Waals surface area contributed by atoms with Gasteiger partial charge in [0.05, 0.1) is 23.0 Å². The number of piperidine rings is 1. The molecule has 2 aromatic carbocycles. The van der Waals surface area contributed by atoms with Gasteiger partial charge in [0.15, 0.2) is 0 Å². The summed E-state index contributed by atoms with van der Waals surface area (Å²) in [5.74, 6) is 0.179. The van der Waals surface area contributed by atoms with Crippen molar-refractivity contribution in [3.63, 3.8) is 0 Å². The first-order valence-electron chi connectivity index (χ1n) is 10.3. The molecule has 2 aliphatic rings. The molecule has 0 spiro atoms. The van der Waals surface area contributed by atoms with E-state index in [4.69, 9.17) is 10.00 Å². The van der Waals surface area contributed by atoms with E-state index in [0.29, 0.717) is 41.3 Å². The lowest BCUT2D eigenvalue weighted by atomic mass is 9.88. The van der Waals surface area contributed by atoms with E-state index in [9.17, 15) is 9.18 Å². The molecule has 30 heavy (non-hydrogen) atoms. The Morgan fingerprint density at radius 1 is 1.37 bits per heavy atom. The zero-order valence-corrected chi connectivity index (χ0v) is 17.2. The molecule has 0 radical (unpaired) electrons. The summed E-state index contributed by atoms with van der Waals surface area (Å²) in [5.41, 5.74) is 1.53. The molecule has 6 nitrogen and oxygen atoms in total. The van der Waals surface area contributed by atoms with Crippen molar-refractivity contribution in [1.29, 1.82) is 5.26 Å². The zero-order chi connectivity index (χ0) is 21.3. The standard InChI is InChI=1S/C23H25FN4O2/c1-3-26-20-12-16(24)11-19-21(20)27-22(29)23(19,2)28-10-4-5-18(14-28)30-17-8-6-15(13-25)7-9-17/h6-9,11-12,18,26H,3-5,10,14H2,1-2H3,(H,27,29)/t18-,23?/m1/s1. The van der Waals surface area contributed by atoms with Gasteiger partial charge in [-0.15, -0.1) is 0 Å². The number of nitrogens with one attached hydrogen (secondary N) is 2. The van der Waals surface area contributed by atoms with E-state index >= 15 is 0 Å². The van der Waals surface area contributed by atoms with Gasteiger partial charge in [0, 0.05) is 18.7 Å². The molecule has 0 saturated carbocycles. The third-order valence-corrected chi connectivity index (χ3v) is 5.97. The number of benzene rings is 2. The van der Waals surface area contributed by atoms with E-state index in [-0.39, 0.29) is 17.8 Å². The summed E-state index contributed by atoms with van der Waals surface area (Å²) in [4.78, 5) is 15.2. The lowest BCUT2D eigenvalue weighted by Crippen LogP contribution is -2.54. The Bertz CT molecular complexity index is 1000. The molecule has 2 aromatic rings. The second-order valence-electron chi connectivity index (χ2n) is 7.90. The van der Waals surface area contributed by atoms with E-state index in [1.165, 1.54) is 12.1 Å². The zero-order valence-electron chi connectivity index (χ0n) is 17.2. The van der Waals surface area contributed by atoms with Crippen molar-refractivity contribution in [2.24, 2.45) is 0 Å². The molecule has 1 fully saturated rings. The first-order chi connectivity index (χ1) is 14.5. The summed E-state index contributed by atoms with van der Waals surface area (Å²) in [6.07, 6.45) is 1.64. The van der Waals surface area contributed by atoms with Crippen LogP contribution >= 0.6 is 0 Å². The molecule has 0 aliphatic carbocycles. The van der Waals surface area contributed by atoms with Crippen LogP contribution in [-0.2, 0) is 10.3 Å². The van der Waals surface area contributed by atoms with Crippen LogP contribution < -0.4 is 15.4 Å². The van der Waals surface area contributed by atoms with Crippen LogP contribution in [0.4, 0.5) is 15.8 Å². The fourth-order valence-electron chi connectivity index (χ4n) is 4.37. The van der Waals surface area contributed by atoms with Crippen LogP contribution in [-0.4, -0.2) is 36.5 Å². The van der Waals surface area contributed by atoms with Crippen molar-refractivity contribution in [3.05, 3.63) is 53.3 Å². The smallest absolute Gasteiger partial charge is 0.249 e. The summed E-state index contributed by atoms with van der Waals surface area (Å²) in [5, 5.41) is 15.0. The molecule has 156 valence electrons. The summed E-state index contributed by atoms with van der Waals surface area (Å²) >= 11 is 0. The number of carbonyl (C=O) groups is 1. The van der Waals surface area contributed by atoms with Crippen LogP contribution in [0.2, 0.25) is 0 Å². The van der Waals surface area contributed by atoms with Gasteiger partial charge in [-0.25, -0.2) is 4.39 Å². The largest absolute Gasteiger partial charge is 0.489 e. The highest BCUT2D eigenvalue weighted by Crippen LogP contribution is 2.45. The van der Waals surface area contributed by atoms with Crippen molar-refractivity contribution in [3.8, 4) is 11.8 Å². The van der Waals surface area contributed by atoms with Gasteiger partial charge in [-0.2, -0.15) is 5.26 Å². The fraction of sp³-hybridized carbons (Fsp3) is 0.391. The van der Waals surface area contributed by atoms with E-state index in [2.05, 4.69) is 21.6 Å². The van der Waals surface area contributed by atoms with E-state index < -0.39 is 5.54 Å². The Kier molecular flexibility index (Phi) is 5.35. The number of amides is 1. The normalized spacial score (nSPS) is 23.4. The van der Waals surface area contributed by atoms with Crippen molar-refractivity contribution < 1.29 is 13.9 Å². The van der Waals surface area contributed by atoms with Crippen LogP contribution in [0.25, 0.3) is 0 Å². The molecule has 7 heteroatoms. The Morgan fingerprint density at radius 2 is 2.13 bits per heavy atom. The monoisotopic (exact) mass is 408 g/mol. The molecule has 1 saturated heterocycles. The summed E-state index contributed by atoms with van der Waals surface area (Å²) in [7, 11) is 0. The number of hydrogen-bond donors (Lipinski definition) is 2. The molecule has 2 N–H and O–H groups in total. The van der Waals surface area contributed by atoms with Crippen LogP contribution in [0.3, 0.4) is 0 Å². The van der Waals surface area contributed by atoms with Crippen LogP contribution in [0.1, 0.15) is 37.8 Å². The number of fused-ring (bicyclic) bond motifs is 1. The van der Waals surface area contributed by atoms with E-state index in [1.54, 1.807) is 24.3 Å². The number of hydrogen-bond acceptors (Lipinski definition) is 5. The molecule has 1 amide bonds. The van der Waals surface area contributed by atoms with Gasteiger partial charge in [0.25, 0.3) is 0 Å². The molecular formula is C23H25FN4O2. The predicted molar refractivity (Wildman–Crippen MR) is 113 cm³/mol. The van der Waals surface area contributed by atoms with Gasteiger partial charge in [-0.1, -0.05) is 0 Å². The molecule has 2 aliphatic heterocycles. The minimum absolute atomic E-state index is 0.0952. The Hall–Kier alpha value is -3.11. The van der Waals surface area contributed by atoms with Gasteiger partial charge < -0.3 is 15.4 Å². The van der Waals surface area contributed by atoms with Crippen LogP contribution in [0, 0.1) is 17.1 Å². The Morgan fingerprint density at radius 3 is 2.83 bits per heavy atom. The SMILES string of the molecule is CCNc1cc(F)cc2c1NC(=O)C2(C)N1CCC[C@@H](Oc2ccc(C#N)cc2)C1. The van der Waals surface area contributed by atoms with Gasteiger partial charge in [0.1, 0.15) is 23.2 Å². The molecular weight excluding hydrogens is 383 g/mol. The van der Waals surface area contributed by atoms with Crippen molar-refractivity contribution >= 4 is 17.3 Å². The summed E-state index contributed by atoms with van der Waals surface area (Å²) in [6.45, 7) is 5.70. The number of ether oxygens (including phenoxy) is 1. The van der Waals surface area contributed by atoms with Crippen molar-refractivity contribution in [2.45, 2.75) is 38.3 Å². The third-order valence-electron chi connectivity index (χ3n) is 5.97. The van der Waals surface area contributed by atoms with Crippen molar-refractivity contribution in [1.82, 2.24) is 4.90 Å². The van der Waals surface area contributed by atoms with Gasteiger partial charge in [0.2, 0.25) is 5.91 Å². The van der Waals surface area contributed by atoms with Gasteiger partial charge in [-0.3, -0.25) is 9.69 Å². The van der Waals surface area contributed by atoms with E-state index in [0.717, 1.165) is 19.4 Å². The highest BCUT2D eigenvalue weighted by molar-refractivity contribution is 6.08.